The third-order valence-corrected chi connectivity index (χ3v) is 16.0. The van der Waals surface area contributed by atoms with Gasteiger partial charge >= 0.3 is 7.12 Å². The summed E-state index contributed by atoms with van der Waals surface area (Å²) in [5.74, 6) is 0. The van der Waals surface area contributed by atoms with Gasteiger partial charge in [-0.2, -0.15) is 0 Å². The Morgan fingerprint density at radius 2 is 1.10 bits per heavy atom. The van der Waals surface area contributed by atoms with Gasteiger partial charge in [0.05, 0.1) is 90.1 Å². The van der Waals surface area contributed by atoms with Crippen LogP contribution in [-0.2, 0) is 46.9 Å². The van der Waals surface area contributed by atoms with E-state index in [0.717, 1.165) is 56.9 Å². The molecule has 1 fully saturated rings. The third kappa shape index (κ3) is 20.8. The highest BCUT2D eigenvalue weighted by atomic mass is 79.9. The lowest BCUT2D eigenvalue weighted by Crippen LogP contribution is -2.41. The molecule has 3 N–H and O–H groups in total. The molecule has 0 unspecified atom stereocenters. The lowest BCUT2D eigenvalue weighted by molar-refractivity contribution is -0.109. The summed E-state index contributed by atoms with van der Waals surface area (Å²) < 4.78 is 64.9. The average molecular weight is 1440 g/mol. The number of pyridine rings is 4. The topological polar surface area (TPSA) is 202 Å². The minimum atomic E-state index is -3.19. The minimum absolute atomic E-state index is 0. The van der Waals surface area contributed by atoms with Crippen LogP contribution in [0.4, 0.5) is 0 Å². The van der Waals surface area contributed by atoms with E-state index < -0.39 is 38.0 Å². The number of carbonyl (C=O) groups is 1. The number of rotatable bonds is 8. The molecule has 8 aromatic rings. The molecular formula is C51H63BBr4Cl4N8O7S2. The number of benzene rings is 2. The number of hydrogen-bond acceptors (Lipinski definition) is 12. The lowest BCUT2D eigenvalue weighted by atomic mass is 9.79. The van der Waals surface area contributed by atoms with Gasteiger partial charge in [0.15, 0.2) is 19.7 Å². The van der Waals surface area contributed by atoms with Crippen LogP contribution in [0.3, 0.4) is 0 Å². The van der Waals surface area contributed by atoms with Crippen LogP contribution in [0.25, 0.3) is 22.2 Å². The van der Waals surface area contributed by atoms with E-state index >= 15 is 0 Å². The maximum absolute atomic E-state index is 11.5. The number of fused-ring (bicyclic) bond motifs is 2. The van der Waals surface area contributed by atoms with Gasteiger partial charge in [0.25, 0.3) is 0 Å². The molecule has 1 amide bonds. The molecular weight excluding hydrogens is 1370 g/mol. The molecule has 0 saturated carbocycles. The number of nitrogens with one attached hydrogen (secondary N) is 1. The van der Waals surface area contributed by atoms with Gasteiger partial charge in [0, 0.05) is 67.3 Å². The van der Waals surface area contributed by atoms with E-state index in [-0.39, 0.29) is 42.1 Å². The zero-order chi connectivity index (χ0) is 53.2. The number of nitrogens with two attached hydrogens (primary N) is 1. The van der Waals surface area contributed by atoms with Crippen LogP contribution in [-0.4, -0.2) is 82.8 Å². The van der Waals surface area contributed by atoms with E-state index in [1.165, 1.54) is 18.7 Å². The van der Waals surface area contributed by atoms with Crippen molar-refractivity contribution in [3.8, 4) is 11.1 Å². The van der Waals surface area contributed by atoms with Crippen LogP contribution >= 0.6 is 111 Å². The highest BCUT2D eigenvalue weighted by Crippen LogP contribution is 2.36. The van der Waals surface area contributed by atoms with E-state index in [9.17, 15) is 21.6 Å². The Morgan fingerprint density at radius 1 is 0.649 bits per heavy atom. The molecule has 15 nitrogen and oxygen atoms in total. The lowest BCUT2D eigenvalue weighted by Gasteiger charge is -2.32. The van der Waals surface area contributed by atoms with Crippen molar-refractivity contribution in [1.29, 1.82) is 0 Å². The Hall–Kier alpha value is -3.49. The molecule has 26 heteroatoms. The summed E-state index contributed by atoms with van der Waals surface area (Å²) in [6, 6.07) is 20.7. The van der Waals surface area contributed by atoms with Crippen LogP contribution in [0.15, 0.2) is 150 Å². The van der Waals surface area contributed by atoms with E-state index in [0.29, 0.717) is 44.4 Å². The third-order valence-electron chi connectivity index (χ3n) is 10.7. The molecule has 0 aliphatic carbocycles. The van der Waals surface area contributed by atoms with Gasteiger partial charge in [-0.05, 0) is 151 Å². The van der Waals surface area contributed by atoms with Crippen LogP contribution in [0.1, 0.15) is 68.8 Å². The predicted molar refractivity (Wildman–Crippen MR) is 333 cm³/mol. The Balaban J connectivity index is 0.000000947. The number of sulfone groups is 2. The molecule has 9 rings (SSSR count). The number of aromatic nitrogens is 6. The van der Waals surface area contributed by atoms with Gasteiger partial charge < -0.3 is 29.2 Å². The van der Waals surface area contributed by atoms with Crippen LogP contribution in [0.5, 0.6) is 0 Å². The number of hydrogen-bond donors (Lipinski definition) is 2. The average Bonchev–Trinajstić information content (AvgIpc) is 4.04. The quantitative estimate of drug-likeness (QED) is 0.108. The summed E-state index contributed by atoms with van der Waals surface area (Å²) in [5.41, 5.74) is 10.8. The molecule has 0 atom stereocenters. The van der Waals surface area contributed by atoms with E-state index in [1.807, 2.05) is 60.9 Å². The summed E-state index contributed by atoms with van der Waals surface area (Å²) in [4.78, 5) is 26.7. The first kappa shape index (κ1) is 73.5. The second-order valence-electron chi connectivity index (χ2n) is 16.5. The predicted octanol–water partition coefficient (Wildman–Crippen LogP) is 14.0. The van der Waals surface area contributed by atoms with E-state index in [2.05, 4.69) is 89.0 Å². The summed E-state index contributed by atoms with van der Waals surface area (Å²) in [7, 11) is -6.82. The smallest absolute Gasteiger partial charge is 0.399 e. The first-order valence-electron chi connectivity index (χ1n) is 21.0. The number of halogens is 8. The van der Waals surface area contributed by atoms with Gasteiger partial charge in [-0.1, -0.05) is 88.8 Å². The molecule has 0 radical (unpaired) electrons. The Morgan fingerprint density at radius 3 is 1.58 bits per heavy atom. The zero-order valence-corrected chi connectivity index (χ0v) is 50.7. The summed E-state index contributed by atoms with van der Waals surface area (Å²) in [6.45, 7) is 8.81. The highest BCUT2D eigenvalue weighted by Gasteiger charge is 2.51. The normalized spacial score (nSPS) is 12.7. The maximum Gasteiger partial charge on any atom is 0.494 e. The van der Waals surface area contributed by atoms with Gasteiger partial charge in [-0.25, -0.2) is 26.8 Å². The SMILES string of the molecule is C.C.C.C.CC1(C)OB(c2ccc(S(C)(=O)=O)cc2)OC1(C)C.CS(=O)(=O)c1ccc(-c2cc(Cl)cn3cncc23)cc1.Cl.Clc1cc(Br)c2cncn2c1.NCc1ncc(Br)cc1Br.O=CNCc1ncc(Cl)cc1Br. The van der Waals surface area contributed by atoms with Gasteiger partial charge in [-0.15, -0.1) is 12.4 Å². The van der Waals surface area contributed by atoms with Crippen molar-refractivity contribution in [3.05, 3.63) is 167 Å². The Bertz CT molecular complexity index is 3380. The summed E-state index contributed by atoms with van der Waals surface area (Å²) >= 11 is 30.8. The second kappa shape index (κ2) is 32.1. The van der Waals surface area contributed by atoms with Gasteiger partial charge in [0.1, 0.15) is 0 Å². The number of imidazole rings is 2. The zero-order valence-electron chi connectivity index (χ0n) is 39.6. The molecule has 7 heterocycles. The first-order chi connectivity index (χ1) is 33.7. The monoisotopic (exact) mass is 1430 g/mol. The molecule has 420 valence electrons. The highest BCUT2D eigenvalue weighted by molar-refractivity contribution is 9.11. The number of carbonyl (C=O) groups excluding carboxylic acids is 1. The van der Waals surface area contributed by atoms with E-state index in [1.54, 1.807) is 92.0 Å². The summed E-state index contributed by atoms with van der Waals surface area (Å²) in [5, 5.41) is 4.37. The van der Waals surface area contributed by atoms with Crippen molar-refractivity contribution in [2.45, 2.75) is 91.5 Å². The molecule has 77 heavy (non-hydrogen) atoms. The second-order valence-corrected chi connectivity index (χ2v) is 25.4. The minimum Gasteiger partial charge on any atom is -0.399 e. The van der Waals surface area contributed by atoms with Gasteiger partial charge in [0.2, 0.25) is 6.41 Å². The fourth-order valence-corrected chi connectivity index (χ4v) is 10.5. The molecule has 6 aromatic heterocycles. The Labute approximate surface area is 508 Å². The maximum atomic E-state index is 11.5. The van der Waals surface area contributed by atoms with Crippen molar-refractivity contribution in [2.75, 3.05) is 12.5 Å². The van der Waals surface area contributed by atoms with Crippen molar-refractivity contribution < 1.29 is 30.9 Å². The largest absolute Gasteiger partial charge is 0.494 e. The molecule has 1 aliphatic heterocycles. The standard InChI is InChI=1S/C14H11ClN2O2S.C13H19BO4S.C7H6BrClN2O.C7H4BrClN2.C6H6Br2N2.4CH4.ClH/c1-20(18,19)12-4-2-10(3-5-12)13-6-11(15)8-17-9-16-7-14(13)17;1-12(2)13(3,4)18-14(17-12)10-6-8-11(9-7-10)19(5,15)16;8-6-1-5(9)2-11-7(6)3-10-4-12;8-6-1-5(9)3-11-4-10-2-7(6)11;7-4-1-5(8)6(2-9)10-3-4;;;;;/h2-9H,1H3;6-9H,1-5H3;1-2,4H,3H2,(H,10,12);1-4H;1,3H,2,9H2;4*1H4;1H. The van der Waals surface area contributed by atoms with E-state index in [4.69, 9.17) is 49.8 Å². The van der Waals surface area contributed by atoms with Crippen molar-refractivity contribution in [2.24, 2.45) is 5.73 Å². The van der Waals surface area contributed by atoms with Crippen molar-refractivity contribution in [3.63, 3.8) is 0 Å². The Kier molecular flexibility index (Phi) is 30.6. The molecule has 1 aliphatic rings. The molecule has 0 spiro atoms. The van der Waals surface area contributed by atoms with Crippen LogP contribution in [0.2, 0.25) is 15.1 Å². The molecule has 1 saturated heterocycles. The van der Waals surface area contributed by atoms with Crippen LogP contribution in [0, 0.1) is 0 Å². The van der Waals surface area contributed by atoms with Crippen molar-refractivity contribution >= 4 is 161 Å². The van der Waals surface area contributed by atoms with Crippen LogP contribution < -0.4 is 16.5 Å². The van der Waals surface area contributed by atoms with Crippen molar-refractivity contribution in [1.82, 2.24) is 34.1 Å². The first-order valence-corrected chi connectivity index (χ1v) is 29.1. The fraction of sp³-hybridized carbons (Fsp3) is 0.275. The number of nitrogens with zero attached hydrogens (tertiary/aromatic N) is 6. The van der Waals surface area contributed by atoms with Gasteiger partial charge in [-0.3, -0.25) is 14.8 Å². The fourth-order valence-electron chi connectivity index (χ4n) is 6.22. The molecule has 0 bridgehead atoms. The summed E-state index contributed by atoms with van der Waals surface area (Å²) in [6.07, 6.45) is 16.8. The number of amides is 1. The molecule has 2 aromatic carbocycles.